The summed E-state index contributed by atoms with van der Waals surface area (Å²) in [4.78, 5) is 0. The third-order valence-electron chi connectivity index (χ3n) is 2.30. The predicted octanol–water partition coefficient (Wildman–Crippen LogP) is 3.61. The molecule has 0 fully saturated rings. The third kappa shape index (κ3) is 1.80. The minimum absolute atomic E-state index is 0.220. The van der Waals surface area contributed by atoms with E-state index in [1.165, 1.54) is 24.3 Å². The van der Waals surface area contributed by atoms with Gasteiger partial charge in [0.15, 0.2) is 0 Å². The first-order valence-electron chi connectivity index (χ1n) is 4.73. The molecule has 0 aliphatic carbocycles. The summed E-state index contributed by atoms with van der Waals surface area (Å²) in [7, 11) is 0. The second kappa shape index (κ2) is 4.16. The Morgan fingerprint density at radius 1 is 0.875 bits per heavy atom. The van der Waals surface area contributed by atoms with Gasteiger partial charge >= 0.3 is 0 Å². The Bertz CT molecular complexity index is 565. The molecule has 2 rings (SSSR count). The minimum atomic E-state index is -0.513. The van der Waals surface area contributed by atoms with Gasteiger partial charge in [-0.1, -0.05) is 30.2 Å². The van der Waals surface area contributed by atoms with Gasteiger partial charge in [-0.05, 0) is 18.2 Å². The summed E-state index contributed by atoms with van der Waals surface area (Å²) < 4.78 is 27.1. The molecule has 0 heterocycles. The van der Waals surface area contributed by atoms with E-state index in [1.807, 2.05) is 0 Å². The molecule has 0 saturated heterocycles. The highest BCUT2D eigenvalue weighted by Crippen LogP contribution is 2.25. The van der Waals surface area contributed by atoms with Crippen LogP contribution in [-0.4, -0.2) is 0 Å². The standard InChI is InChI=1S/C14H8F2/c1-2-10-7-8-12(14(16)9-10)11-5-3-4-6-13(11)15/h1,3-9H. The van der Waals surface area contributed by atoms with Gasteiger partial charge in [-0.2, -0.15) is 0 Å². The van der Waals surface area contributed by atoms with Crippen molar-refractivity contribution in [3.63, 3.8) is 0 Å². The van der Waals surface area contributed by atoms with Crippen molar-refractivity contribution in [1.29, 1.82) is 0 Å². The highest BCUT2D eigenvalue weighted by atomic mass is 19.1. The topological polar surface area (TPSA) is 0 Å². The molecule has 0 N–H and O–H groups in total. The van der Waals surface area contributed by atoms with Crippen molar-refractivity contribution < 1.29 is 8.78 Å². The fraction of sp³-hybridized carbons (Fsp3) is 0. The van der Waals surface area contributed by atoms with E-state index in [0.29, 0.717) is 5.56 Å². The van der Waals surface area contributed by atoms with Crippen molar-refractivity contribution in [2.45, 2.75) is 0 Å². The fourth-order valence-electron chi connectivity index (χ4n) is 1.50. The molecule has 16 heavy (non-hydrogen) atoms. The van der Waals surface area contributed by atoms with E-state index < -0.39 is 11.6 Å². The molecule has 0 aliphatic rings. The molecule has 0 radical (unpaired) electrons. The molecule has 0 unspecified atom stereocenters. The third-order valence-corrected chi connectivity index (χ3v) is 2.30. The monoisotopic (exact) mass is 214 g/mol. The van der Waals surface area contributed by atoms with E-state index in [9.17, 15) is 8.78 Å². The Morgan fingerprint density at radius 3 is 2.19 bits per heavy atom. The summed E-state index contributed by atoms with van der Waals surface area (Å²) in [5.41, 5.74) is 0.901. The van der Waals surface area contributed by atoms with E-state index in [1.54, 1.807) is 18.2 Å². The van der Waals surface area contributed by atoms with Crippen LogP contribution < -0.4 is 0 Å². The summed E-state index contributed by atoms with van der Waals surface area (Å²) in [5.74, 6) is 1.36. The summed E-state index contributed by atoms with van der Waals surface area (Å²) in [5, 5.41) is 0. The van der Waals surface area contributed by atoms with E-state index >= 15 is 0 Å². The molecule has 0 aliphatic heterocycles. The van der Waals surface area contributed by atoms with Gasteiger partial charge in [-0.15, -0.1) is 6.42 Å². The van der Waals surface area contributed by atoms with Crippen molar-refractivity contribution >= 4 is 0 Å². The van der Waals surface area contributed by atoms with Crippen molar-refractivity contribution in [3.8, 4) is 23.5 Å². The summed E-state index contributed by atoms with van der Waals surface area (Å²) in [6, 6.07) is 10.3. The molecular formula is C14H8F2. The first kappa shape index (κ1) is 10.4. The zero-order valence-corrected chi connectivity index (χ0v) is 8.37. The number of terminal acetylenes is 1. The van der Waals surface area contributed by atoms with Crippen LogP contribution in [0.4, 0.5) is 8.78 Å². The van der Waals surface area contributed by atoms with E-state index in [-0.39, 0.29) is 11.1 Å². The molecule has 2 heteroatoms. The van der Waals surface area contributed by atoms with Gasteiger partial charge < -0.3 is 0 Å². The van der Waals surface area contributed by atoms with Gasteiger partial charge in [0, 0.05) is 16.7 Å². The zero-order chi connectivity index (χ0) is 11.5. The average molecular weight is 214 g/mol. The normalized spacial score (nSPS) is 9.81. The minimum Gasteiger partial charge on any atom is -0.206 e. The Labute approximate surface area is 92.5 Å². The highest BCUT2D eigenvalue weighted by molar-refractivity contribution is 5.65. The molecule has 0 atom stereocenters. The molecule has 78 valence electrons. The van der Waals surface area contributed by atoms with Crippen LogP contribution in [0.5, 0.6) is 0 Å². The predicted molar refractivity (Wildman–Crippen MR) is 59.7 cm³/mol. The summed E-state index contributed by atoms with van der Waals surface area (Å²) >= 11 is 0. The Kier molecular flexibility index (Phi) is 2.70. The van der Waals surface area contributed by atoms with E-state index in [0.717, 1.165) is 0 Å². The smallest absolute Gasteiger partial charge is 0.132 e. The maximum absolute atomic E-state index is 13.6. The lowest BCUT2D eigenvalue weighted by Crippen LogP contribution is -1.89. The molecule has 0 bridgehead atoms. The van der Waals surface area contributed by atoms with Gasteiger partial charge in [-0.25, -0.2) is 8.78 Å². The second-order valence-electron chi connectivity index (χ2n) is 3.32. The SMILES string of the molecule is C#Cc1ccc(-c2ccccc2F)c(F)c1. The molecule has 0 nitrogen and oxygen atoms in total. The maximum Gasteiger partial charge on any atom is 0.132 e. The lowest BCUT2D eigenvalue weighted by Gasteiger charge is -2.05. The molecule has 0 spiro atoms. The van der Waals surface area contributed by atoms with Crippen LogP contribution in [0.15, 0.2) is 42.5 Å². The molecule has 0 aromatic heterocycles. The number of hydrogen-bond acceptors (Lipinski definition) is 0. The Morgan fingerprint density at radius 2 is 1.56 bits per heavy atom. The Balaban J connectivity index is 2.58. The van der Waals surface area contributed by atoms with Crippen LogP contribution in [0.2, 0.25) is 0 Å². The van der Waals surface area contributed by atoms with Gasteiger partial charge in [0.2, 0.25) is 0 Å². The summed E-state index contributed by atoms with van der Waals surface area (Å²) in [6.07, 6.45) is 5.15. The van der Waals surface area contributed by atoms with Crippen LogP contribution in [0.3, 0.4) is 0 Å². The number of rotatable bonds is 1. The largest absolute Gasteiger partial charge is 0.206 e. The van der Waals surface area contributed by atoms with Gasteiger partial charge in [0.25, 0.3) is 0 Å². The van der Waals surface area contributed by atoms with Crippen LogP contribution in [-0.2, 0) is 0 Å². The van der Waals surface area contributed by atoms with Crippen molar-refractivity contribution in [3.05, 3.63) is 59.7 Å². The quantitative estimate of drug-likeness (QED) is 0.636. The van der Waals surface area contributed by atoms with Crippen LogP contribution in [0.25, 0.3) is 11.1 Å². The molecule has 0 saturated carbocycles. The lowest BCUT2D eigenvalue weighted by molar-refractivity contribution is 0.616. The molecule has 2 aromatic rings. The first-order valence-corrected chi connectivity index (χ1v) is 4.73. The summed E-state index contributed by atoms with van der Waals surface area (Å²) in [6.45, 7) is 0. The highest BCUT2D eigenvalue weighted by Gasteiger charge is 2.09. The number of halogens is 2. The molecule has 0 amide bonds. The molecule has 2 aromatic carbocycles. The zero-order valence-electron chi connectivity index (χ0n) is 8.37. The van der Waals surface area contributed by atoms with Crippen LogP contribution in [0, 0.1) is 24.0 Å². The van der Waals surface area contributed by atoms with E-state index in [2.05, 4.69) is 5.92 Å². The molecular weight excluding hydrogens is 206 g/mol. The van der Waals surface area contributed by atoms with Crippen molar-refractivity contribution in [1.82, 2.24) is 0 Å². The second-order valence-corrected chi connectivity index (χ2v) is 3.32. The van der Waals surface area contributed by atoms with Crippen molar-refractivity contribution in [2.75, 3.05) is 0 Å². The van der Waals surface area contributed by atoms with Gasteiger partial charge in [-0.3, -0.25) is 0 Å². The van der Waals surface area contributed by atoms with Crippen molar-refractivity contribution in [2.24, 2.45) is 0 Å². The van der Waals surface area contributed by atoms with Gasteiger partial charge in [0.05, 0.1) is 0 Å². The fourth-order valence-corrected chi connectivity index (χ4v) is 1.50. The Hall–Kier alpha value is -2.14. The number of hydrogen-bond donors (Lipinski definition) is 0. The maximum atomic E-state index is 13.6. The van der Waals surface area contributed by atoms with Gasteiger partial charge in [0.1, 0.15) is 11.6 Å². The lowest BCUT2D eigenvalue weighted by atomic mass is 10.0. The van der Waals surface area contributed by atoms with Crippen LogP contribution in [0.1, 0.15) is 5.56 Å². The first-order chi connectivity index (χ1) is 7.72. The number of benzene rings is 2. The average Bonchev–Trinajstić information content (AvgIpc) is 2.30. The van der Waals surface area contributed by atoms with Crippen LogP contribution >= 0.6 is 0 Å². The van der Waals surface area contributed by atoms with E-state index in [4.69, 9.17) is 6.42 Å².